The molecule has 0 saturated heterocycles. The van der Waals surface area contributed by atoms with Gasteiger partial charge in [0.2, 0.25) is 0 Å². The first-order valence-electron chi connectivity index (χ1n) is 13.6. The average Bonchev–Trinajstić information content (AvgIpc) is 3.22. The van der Waals surface area contributed by atoms with Gasteiger partial charge in [0.15, 0.2) is 5.76 Å². The number of hydrogen-bond acceptors (Lipinski definition) is 8. The van der Waals surface area contributed by atoms with E-state index in [1.54, 1.807) is 36.9 Å². The van der Waals surface area contributed by atoms with E-state index >= 15 is 0 Å². The van der Waals surface area contributed by atoms with E-state index in [4.69, 9.17) is 14.0 Å². The lowest BCUT2D eigenvalue weighted by Gasteiger charge is -2.34. The van der Waals surface area contributed by atoms with E-state index in [0.717, 1.165) is 19.3 Å². The molecule has 3 rings (SSSR count). The lowest BCUT2D eigenvalue weighted by atomic mass is 10.0. The van der Waals surface area contributed by atoms with Crippen LogP contribution in [-0.4, -0.2) is 78.7 Å². The second-order valence-electron chi connectivity index (χ2n) is 10.3. The summed E-state index contributed by atoms with van der Waals surface area (Å²) in [6.45, 7) is 10.8. The highest BCUT2D eigenvalue weighted by atomic mass is 16.5. The number of aliphatic hydroxyl groups excluding tert-OH is 1. The number of nitrogens with one attached hydrogen (secondary N) is 3. The van der Waals surface area contributed by atoms with Crippen molar-refractivity contribution in [2.75, 3.05) is 44.0 Å². The van der Waals surface area contributed by atoms with Crippen molar-refractivity contribution in [1.82, 2.24) is 15.4 Å². The molecule has 4 atom stereocenters. The van der Waals surface area contributed by atoms with E-state index in [0.29, 0.717) is 53.8 Å². The topological polar surface area (TPSA) is 138 Å². The van der Waals surface area contributed by atoms with Gasteiger partial charge < -0.3 is 40.0 Å². The number of aliphatic hydroxyl groups is 1. The Labute approximate surface area is 230 Å². The third-order valence-electron chi connectivity index (χ3n) is 6.99. The van der Waals surface area contributed by atoms with Gasteiger partial charge in [-0.15, -0.1) is 0 Å². The van der Waals surface area contributed by atoms with E-state index in [1.807, 2.05) is 20.9 Å². The molecule has 0 bridgehead atoms. The molecule has 2 aromatic rings. The number of nitrogens with zero attached hydrogens (tertiary/aromatic N) is 2. The van der Waals surface area contributed by atoms with Crippen molar-refractivity contribution in [1.29, 1.82) is 0 Å². The van der Waals surface area contributed by atoms with Crippen molar-refractivity contribution in [2.24, 2.45) is 5.92 Å². The summed E-state index contributed by atoms with van der Waals surface area (Å²) >= 11 is 0. The minimum atomic E-state index is -0.492. The largest absolute Gasteiger partial charge is 0.490 e. The summed E-state index contributed by atoms with van der Waals surface area (Å²) in [5, 5.41) is 22.6. The Balaban J connectivity index is 1.94. The number of carbonyl (C=O) groups is 2. The number of likely N-dealkylation sites (N-methyl/N-ethyl adjacent to an activating group) is 1. The minimum absolute atomic E-state index is 0.00349. The minimum Gasteiger partial charge on any atom is -0.490 e. The van der Waals surface area contributed by atoms with Gasteiger partial charge in [0.05, 0.1) is 30.4 Å². The molecule has 1 aromatic heterocycles. The summed E-state index contributed by atoms with van der Waals surface area (Å²) in [6.07, 6.45) is 2.43. The van der Waals surface area contributed by atoms with Gasteiger partial charge in [-0.1, -0.05) is 12.1 Å². The number of aromatic nitrogens is 1. The van der Waals surface area contributed by atoms with Crippen LogP contribution in [0.1, 0.15) is 61.8 Å². The lowest BCUT2D eigenvalue weighted by Crippen LogP contribution is -2.47. The highest BCUT2D eigenvalue weighted by Gasteiger charge is 2.29. The Morgan fingerprint density at radius 1 is 1.23 bits per heavy atom. The number of carbonyl (C=O) groups excluding carboxylic acids is 2. The van der Waals surface area contributed by atoms with Crippen molar-refractivity contribution >= 4 is 23.3 Å². The molecular weight excluding hydrogens is 502 g/mol. The Morgan fingerprint density at radius 2 is 2.00 bits per heavy atom. The number of amides is 3. The summed E-state index contributed by atoms with van der Waals surface area (Å²) in [6, 6.07) is 4.10. The number of ether oxygens (including phenoxy) is 2. The van der Waals surface area contributed by atoms with Gasteiger partial charge in [-0.05, 0) is 72.2 Å². The van der Waals surface area contributed by atoms with Crippen molar-refractivity contribution in [3.8, 4) is 5.75 Å². The van der Waals surface area contributed by atoms with Crippen LogP contribution >= 0.6 is 0 Å². The maximum atomic E-state index is 14.0. The standard InChI is InChI=1S/C28H43N5O6/c1-17-15-33(18(2)16-34)27(35)23-13-22(30-28(36)31-26-20(4)32-39-21(26)5)10-11-24(23)38-19(3)9-7-8-12-37-25(17)14-29-6/h10-11,13,17-19,25,29,34H,7-9,12,14-16H2,1-6H3,(H2,30,31,36)/t17-,18+,19-,25+/m1/s1. The van der Waals surface area contributed by atoms with Crippen LogP contribution in [0.15, 0.2) is 22.7 Å². The molecule has 3 amide bonds. The zero-order valence-electron chi connectivity index (χ0n) is 23.9. The van der Waals surface area contributed by atoms with Gasteiger partial charge in [0.1, 0.15) is 17.1 Å². The summed E-state index contributed by atoms with van der Waals surface area (Å²) in [4.78, 5) is 28.4. The second kappa shape index (κ2) is 14.3. The number of hydrogen-bond donors (Lipinski definition) is 4. The molecule has 0 fully saturated rings. The van der Waals surface area contributed by atoms with Crippen LogP contribution < -0.4 is 20.7 Å². The van der Waals surface area contributed by atoms with E-state index in [2.05, 4.69) is 28.0 Å². The highest BCUT2D eigenvalue weighted by Crippen LogP contribution is 2.29. The van der Waals surface area contributed by atoms with Gasteiger partial charge in [0.25, 0.3) is 5.91 Å². The SMILES string of the molecule is CNC[C@@H]1OCCCC[C@@H](C)Oc2ccc(NC(=O)Nc3c(C)noc3C)cc2C(=O)N([C@@H](C)CO)C[C@H]1C. The molecule has 11 nitrogen and oxygen atoms in total. The Kier molecular flexibility index (Phi) is 11.1. The smallest absolute Gasteiger partial charge is 0.323 e. The molecule has 0 unspecified atom stereocenters. The maximum Gasteiger partial charge on any atom is 0.323 e. The Hall–Kier alpha value is -3.15. The predicted molar refractivity (Wildman–Crippen MR) is 149 cm³/mol. The van der Waals surface area contributed by atoms with Gasteiger partial charge in [-0.2, -0.15) is 0 Å². The monoisotopic (exact) mass is 545 g/mol. The zero-order valence-corrected chi connectivity index (χ0v) is 23.9. The van der Waals surface area contributed by atoms with Crippen molar-refractivity contribution < 1.29 is 28.7 Å². The predicted octanol–water partition coefficient (Wildman–Crippen LogP) is 3.95. The maximum absolute atomic E-state index is 14.0. The molecule has 39 heavy (non-hydrogen) atoms. The molecule has 0 aliphatic carbocycles. The highest BCUT2D eigenvalue weighted by molar-refractivity contribution is 6.03. The third-order valence-corrected chi connectivity index (χ3v) is 6.99. The fourth-order valence-corrected chi connectivity index (χ4v) is 4.63. The Bertz CT molecular complexity index is 1090. The number of urea groups is 1. The lowest BCUT2D eigenvalue weighted by molar-refractivity contribution is -0.000451. The fourth-order valence-electron chi connectivity index (χ4n) is 4.63. The van der Waals surface area contributed by atoms with E-state index in [1.165, 1.54) is 0 Å². The number of rotatable bonds is 6. The zero-order chi connectivity index (χ0) is 28.5. The van der Waals surface area contributed by atoms with Crippen LogP contribution in [0.25, 0.3) is 0 Å². The van der Waals surface area contributed by atoms with Gasteiger partial charge >= 0.3 is 6.03 Å². The van der Waals surface area contributed by atoms with Crippen LogP contribution in [0, 0.1) is 19.8 Å². The van der Waals surface area contributed by atoms with Crippen molar-refractivity contribution in [3.63, 3.8) is 0 Å². The van der Waals surface area contributed by atoms with Crippen molar-refractivity contribution in [3.05, 3.63) is 35.2 Å². The molecule has 0 saturated carbocycles. The molecule has 0 spiro atoms. The van der Waals surface area contributed by atoms with Crippen LogP contribution in [0.4, 0.5) is 16.2 Å². The van der Waals surface area contributed by atoms with Crippen molar-refractivity contribution in [2.45, 2.75) is 72.1 Å². The normalized spacial score (nSPS) is 21.9. The Morgan fingerprint density at radius 3 is 2.67 bits per heavy atom. The van der Waals surface area contributed by atoms with E-state index in [9.17, 15) is 14.7 Å². The number of aryl methyl sites for hydroxylation is 2. The third kappa shape index (κ3) is 8.17. The first kappa shape index (κ1) is 30.4. The van der Waals surface area contributed by atoms with Crippen LogP contribution in [0.3, 0.4) is 0 Å². The first-order chi connectivity index (χ1) is 18.6. The van der Waals surface area contributed by atoms with Crippen LogP contribution in [-0.2, 0) is 4.74 Å². The van der Waals surface area contributed by atoms with E-state index in [-0.39, 0.29) is 30.6 Å². The molecule has 4 N–H and O–H groups in total. The van der Waals surface area contributed by atoms with Crippen LogP contribution in [0.5, 0.6) is 5.75 Å². The number of benzene rings is 1. The molecule has 1 aromatic carbocycles. The molecule has 1 aliphatic heterocycles. The molecular formula is C28H43N5O6. The summed E-state index contributed by atoms with van der Waals surface area (Å²) < 4.78 is 17.5. The van der Waals surface area contributed by atoms with E-state index < -0.39 is 12.1 Å². The van der Waals surface area contributed by atoms with Gasteiger partial charge in [-0.25, -0.2) is 4.79 Å². The first-order valence-corrected chi connectivity index (χ1v) is 13.6. The molecule has 2 heterocycles. The van der Waals surface area contributed by atoms with Gasteiger partial charge in [0, 0.05) is 31.3 Å². The van der Waals surface area contributed by atoms with Gasteiger partial charge in [-0.3, -0.25) is 4.79 Å². The molecule has 11 heteroatoms. The molecule has 0 radical (unpaired) electrons. The second-order valence-corrected chi connectivity index (χ2v) is 10.3. The average molecular weight is 546 g/mol. The molecule has 1 aliphatic rings. The summed E-state index contributed by atoms with van der Waals surface area (Å²) in [5.74, 6) is 0.643. The number of fused-ring (bicyclic) bond motifs is 1. The molecule has 216 valence electrons. The summed E-state index contributed by atoms with van der Waals surface area (Å²) in [5.41, 5.74) is 1.79. The van der Waals surface area contributed by atoms with Crippen LogP contribution in [0.2, 0.25) is 0 Å². The quantitative estimate of drug-likeness (QED) is 0.428. The fraction of sp³-hybridized carbons (Fsp3) is 0.607. The summed E-state index contributed by atoms with van der Waals surface area (Å²) in [7, 11) is 1.88. The number of anilines is 2.